The van der Waals surface area contributed by atoms with E-state index in [4.69, 9.17) is 9.47 Å². The lowest BCUT2D eigenvalue weighted by atomic mass is 9.95. The van der Waals surface area contributed by atoms with Gasteiger partial charge in [0.15, 0.2) is 0 Å². The van der Waals surface area contributed by atoms with E-state index in [9.17, 15) is 12.9 Å². The van der Waals surface area contributed by atoms with Crippen molar-refractivity contribution in [2.24, 2.45) is 0 Å². The van der Waals surface area contributed by atoms with Crippen molar-refractivity contribution in [2.75, 3.05) is 20.7 Å². The Morgan fingerprint density at radius 2 is 1.82 bits per heavy atom. The predicted octanol–water partition coefficient (Wildman–Crippen LogP) is 2.61. The Balaban J connectivity index is 2.64. The zero-order chi connectivity index (χ0) is 12.9. The normalized spacial score (nSPS) is 11.4. The molecule has 0 amide bonds. The fourth-order valence-corrected chi connectivity index (χ4v) is 1.27. The predicted molar refractivity (Wildman–Crippen MR) is 58.3 cm³/mol. The summed E-state index contributed by atoms with van der Waals surface area (Å²) in [6.45, 7) is -6.27. The lowest BCUT2D eigenvalue weighted by Gasteiger charge is -2.15. The van der Waals surface area contributed by atoms with Gasteiger partial charge in [-0.1, -0.05) is 0 Å². The van der Waals surface area contributed by atoms with Crippen LogP contribution < -0.4 is 9.47 Å². The Morgan fingerprint density at radius 3 is 2.35 bits per heavy atom. The second kappa shape index (κ2) is 5.81. The lowest BCUT2D eigenvalue weighted by molar-refractivity contribution is 0.135. The minimum absolute atomic E-state index is 0.144. The van der Waals surface area contributed by atoms with Crippen LogP contribution in [0.4, 0.5) is 12.9 Å². The molecule has 0 saturated heterocycles. The quantitative estimate of drug-likeness (QED) is 0.725. The summed E-state index contributed by atoms with van der Waals surface area (Å²) in [5, 5.41) is 0. The smallest absolute Gasteiger partial charge is 0.497 e. The fourth-order valence-electron chi connectivity index (χ4n) is 1.27. The summed E-state index contributed by atoms with van der Waals surface area (Å²) in [5.41, 5.74) is 0.549. The standard InChI is InChI=1S/C10H13BF3O3/c1-15-9-4-3-8(10(5-9)16-2)6-17-7-11(12,13)14/h3-5H,6-7H2,1-2H3/q-1. The molecule has 0 fully saturated rings. The van der Waals surface area contributed by atoms with E-state index in [0.29, 0.717) is 17.1 Å². The summed E-state index contributed by atoms with van der Waals surface area (Å²) >= 11 is 0. The van der Waals surface area contributed by atoms with Gasteiger partial charge < -0.3 is 27.2 Å². The summed E-state index contributed by atoms with van der Waals surface area (Å²) in [6.07, 6.45) is 0. The van der Waals surface area contributed by atoms with Crippen molar-refractivity contribution in [3.05, 3.63) is 23.8 Å². The van der Waals surface area contributed by atoms with E-state index in [2.05, 4.69) is 4.74 Å². The number of ether oxygens (including phenoxy) is 3. The van der Waals surface area contributed by atoms with Gasteiger partial charge in [-0.3, -0.25) is 0 Å². The third-order valence-electron chi connectivity index (χ3n) is 2.06. The molecule has 1 aromatic carbocycles. The van der Waals surface area contributed by atoms with E-state index >= 15 is 0 Å². The second-order valence-corrected chi connectivity index (χ2v) is 3.40. The van der Waals surface area contributed by atoms with Gasteiger partial charge in [-0.25, -0.2) is 0 Å². The van der Waals surface area contributed by atoms with Crippen LogP contribution in [0, 0.1) is 0 Å². The van der Waals surface area contributed by atoms with Crippen LogP contribution in [0.1, 0.15) is 5.56 Å². The van der Waals surface area contributed by atoms with Crippen LogP contribution in [-0.4, -0.2) is 27.7 Å². The molecule has 1 aromatic rings. The highest BCUT2D eigenvalue weighted by Crippen LogP contribution is 2.25. The van der Waals surface area contributed by atoms with E-state index in [1.54, 1.807) is 18.2 Å². The van der Waals surface area contributed by atoms with E-state index in [1.807, 2.05) is 0 Å². The van der Waals surface area contributed by atoms with Crippen LogP contribution in [0.5, 0.6) is 11.5 Å². The van der Waals surface area contributed by atoms with Gasteiger partial charge in [-0.2, -0.15) is 0 Å². The molecule has 0 N–H and O–H groups in total. The van der Waals surface area contributed by atoms with Gasteiger partial charge in [0.2, 0.25) is 0 Å². The highest BCUT2D eigenvalue weighted by molar-refractivity contribution is 6.58. The summed E-state index contributed by atoms with van der Waals surface area (Å²) < 4.78 is 50.4. The number of hydrogen-bond donors (Lipinski definition) is 0. The van der Waals surface area contributed by atoms with Crippen LogP contribution >= 0.6 is 0 Å². The molecule has 0 aliphatic rings. The monoisotopic (exact) mass is 249 g/mol. The van der Waals surface area contributed by atoms with Gasteiger partial charge in [-0.05, 0) is 12.1 Å². The van der Waals surface area contributed by atoms with Crippen LogP contribution in [0.15, 0.2) is 18.2 Å². The van der Waals surface area contributed by atoms with E-state index in [1.165, 1.54) is 14.2 Å². The Hall–Kier alpha value is -1.37. The maximum absolute atomic E-state index is 11.9. The van der Waals surface area contributed by atoms with Gasteiger partial charge in [0, 0.05) is 18.1 Å². The number of methoxy groups -OCH3 is 2. The number of halogens is 3. The molecular weight excluding hydrogens is 236 g/mol. The molecule has 0 aliphatic heterocycles. The molecule has 0 atom stereocenters. The van der Waals surface area contributed by atoms with Crippen molar-refractivity contribution in [1.29, 1.82) is 0 Å². The third kappa shape index (κ3) is 4.56. The Bertz CT molecular complexity index is 368. The van der Waals surface area contributed by atoms with Gasteiger partial charge in [-0.15, -0.1) is 0 Å². The van der Waals surface area contributed by atoms with Gasteiger partial charge in [0.25, 0.3) is 0 Å². The maximum Gasteiger partial charge on any atom is 0.503 e. The molecular formula is C10H13BF3O3-. The lowest BCUT2D eigenvalue weighted by Crippen LogP contribution is -2.23. The molecule has 0 radical (unpaired) electrons. The highest BCUT2D eigenvalue weighted by atomic mass is 19.4. The van der Waals surface area contributed by atoms with Crippen LogP contribution in [-0.2, 0) is 11.3 Å². The molecule has 0 heterocycles. The Morgan fingerprint density at radius 1 is 1.12 bits per heavy atom. The highest BCUT2D eigenvalue weighted by Gasteiger charge is 2.23. The Kier molecular flexibility index (Phi) is 4.68. The van der Waals surface area contributed by atoms with Crippen LogP contribution in [0.3, 0.4) is 0 Å². The van der Waals surface area contributed by atoms with Crippen molar-refractivity contribution in [3.63, 3.8) is 0 Å². The van der Waals surface area contributed by atoms with Crippen molar-refractivity contribution < 1.29 is 27.2 Å². The molecule has 96 valence electrons. The summed E-state index contributed by atoms with van der Waals surface area (Å²) in [5.74, 6) is 1.02. The summed E-state index contributed by atoms with van der Waals surface area (Å²) in [6, 6.07) is 4.85. The van der Waals surface area contributed by atoms with Gasteiger partial charge >= 0.3 is 6.98 Å². The molecule has 0 aromatic heterocycles. The molecule has 1 rings (SSSR count). The number of benzene rings is 1. The van der Waals surface area contributed by atoms with Gasteiger partial charge in [0.1, 0.15) is 11.5 Å². The molecule has 0 bridgehead atoms. The minimum Gasteiger partial charge on any atom is -0.497 e. The van der Waals surface area contributed by atoms with E-state index < -0.39 is 13.5 Å². The average Bonchev–Trinajstić information content (AvgIpc) is 2.27. The van der Waals surface area contributed by atoms with Crippen molar-refractivity contribution >= 4 is 6.98 Å². The average molecular weight is 249 g/mol. The molecule has 3 nitrogen and oxygen atoms in total. The molecule has 0 saturated carbocycles. The summed E-state index contributed by atoms with van der Waals surface area (Å²) in [7, 11) is 2.93. The molecule has 0 spiro atoms. The zero-order valence-corrected chi connectivity index (χ0v) is 9.58. The van der Waals surface area contributed by atoms with Crippen molar-refractivity contribution in [3.8, 4) is 11.5 Å². The van der Waals surface area contributed by atoms with Gasteiger partial charge in [0.05, 0.1) is 20.8 Å². The number of hydrogen-bond acceptors (Lipinski definition) is 3. The molecule has 17 heavy (non-hydrogen) atoms. The fraction of sp³-hybridized carbons (Fsp3) is 0.400. The molecule has 0 aliphatic carbocycles. The SMILES string of the molecule is COc1ccc(COC[B-](F)(F)F)c(OC)c1. The largest absolute Gasteiger partial charge is 0.503 e. The first-order chi connectivity index (χ1) is 7.96. The summed E-state index contributed by atoms with van der Waals surface area (Å²) in [4.78, 5) is 0. The molecule has 0 unspecified atom stereocenters. The topological polar surface area (TPSA) is 27.7 Å². The van der Waals surface area contributed by atoms with Crippen LogP contribution in [0.25, 0.3) is 0 Å². The molecule has 7 heteroatoms. The Labute approximate surface area is 97.5 Å². The zero-order valence-electron chi connectivity index (χ0n) is 9.58. The first-order valence-corrected chi connectivity index (χ1v) is 4.96. The number of rotatable bonds is 6. The van der Waals surface area contributed by atoms with Crippen LogP contribution in [0.2, 0.25) is 0 Å². The van der Waals surface area contributed by atoms with E-state index in [-0.39, 0.29) is 6.61 Å². The maximum atomic E-state index is 11.9. The first kappa shape index (κ1) is 13.7. The minimum atomic E-state index is -4.92. The van der Waals surface area contributed by atoms with Crippen molar-refractivity contribution in [2.45, 2.75) is 6.61 Å². The van der Waals surface area contributed by atoms with Crippen molar-refractivity contribution in [1.82, 2.24) is 0 Å². The van der Waals surface area contributed by atoms with E-state index in [0.717, 1.165) is 0 Å². The second-order valence-electron chi connectivity index (χ2n) is 3.40. The third-order valence-corrected chi connectivity index (χ3v) is 2.06. The first-order valence-electron chi connectivity index (χ1n) is 4.96.